The second kappa shape index (κ2) is 9.33. The van der Waals surface area contributed by atoms with Crippen molar-refractivity contribution in [2.75, 3.05) is 19.7 Å². The fraction of sp³-hybridized carbons (Fsp3) is 0.440. The van der Waals surface area contributed by atoms with E-state index < -0.39 is 0 Å². The van der Waals surface area contributed by atoms with Gasteiger partial charge in [-0.25, -0.2) is 0 Å². The Morgan fingerprint density at radius 2 is 1.60 bits per heavy atom. The molecule has 1 N–H and O–H groups in total. The Hall–Kier alpha value is -2.82. The maximum Gasteiger partial charge on any atom is 0.260 e. The number of carbonyl (C=O) groups is 2. The van der Waals surface area contributed by atoms with Crippen LogP contribution in [0.4, 0.5) is 0 Å². The van der Waals surface area contributed by atoms with Gasteiger partial charge in [0.15, 0.2) is 6.61 Å². The predicted octanol–water partition coefficient (Wildman–Crippen LogP) is 4.09. The van der Waals surface area contributed by atoms with Crippen LogP contribution in [0.1, 0.15) is 55.1 Å². The third-order valence-corrected chi connectivity index (χ3v) is 5.58. The molecule has 1 heterocycles. The van der Waals surface area contributed by atoms with Crippen molar-refractivity contribution in [3.63, 3.8) is 0 Å². The molecule has 0 bridgehead atoms. The summed E-state index contributed by atoms with van der Waals surface area (Å²) in [6, 6.07) is 15.6. The van der Waals surface area contributed by atoms with Gasteiger partial charge in [-0.15, -0.1) is 0 Å². The molecule has 1 aliphatic rings. The van der Waals surface area contributed by atoms with Gasteiger partial charge in [-0.05, 0) is 55.0 Å². The Morgan fingerprint density at radius 3 is 2.17 bits per heavy atom. The van der Waals surface area contributed by atoms with Crippen LogP contribution >= 0.6 is 0 Å². The van der Waals surface area contributed by atoms with Crippen molar-refractivity contribution >= 4 is 11.8 Å². The number of nitrogens with zero attached hydrogens (tertiary/aromatic N) is 1. The largest absolute Gasteiger partial charge is 0.484 e. The van der Waals surface area contributed by atoms with E-state index in [1.165, 1.54) is 5.56 Å². The molecule has 0 atom stereocenters. The van der Waals surface area contributed by atoms with Gasteiger partial charge in [-0.1, -0.05) is 50.6 Å². The van der Waals surface area contributed by atoms with Crippen LogP contribution in [0.5, 0.6) is 5.75 Å². The first-order valence-electron chi connectivity index (χ1n) is 10.6. The maximum absolute atomic E-state index is 12.6. The summed E-state index contributed by atoms with van der Waals surface area (Å²) in [6.07, 6.45) is 1.50. The van der Waals surface area contributed by atoms with Gasteiger partial charge in [0.2, 0.25) is 0 Å². The normalized spacial score (nSPS) is 15.0. The molecule has 0 aromatic heterocycles. The van der Waals surface area contributed by atoms with E-state index in [2.05, 4.69) is 26.1 Å². The van der Waals surface area contributed by atoms with E-state index in [9.17, 15) is 9.59 Å². The molecule has 2 aromatic carbocycles. The number of amides is 2. The molecule has 160 valence electrons. The molecule has 3 rings (SSSR count). The first kappa shape index (κ1) is 21.9. The van der Waals surface area contributed by atoms with Crippen LogP contribution in [-0.4, -0.2) is 42.5 Å². The van der Waals surface area contributed by atoms with E-state index in [1.807, 2.05) is 60.4 Å². The number of piperidine rings is 1. The first-order valence-corrected chi connectivity index (χ1v) is 10.6. The van der Waals surface area contributed by atoms with Crippen LogP contribution < -0.4 is 10.1 Å². The number of benzene rings is 2. The molecule has 1 fully saturated rings. The fourth-order valence-electron chi connectivity index (χ4n) is 3.53. The number of likely N-dealkylation sites (tertiary alicyclic amines) is 1. The van der Waals surface area contributed by atoms with Gasteiger partial charge in [-0.2, -0.15) is 0 Å². The standard InChI is InChI=1S/C25H32N2O3/c1-18-5-11-22(12-6-18)30-17-23(28)27-15-13-21(14-16-27)26-24(29)19-7-9-20(10-8-19)25(2,3)4/h5-12,21H,13-17H2,1-4H3,(H,26,29). The second-order valence-electron chi connectivity index (χ2n) is 9.06. The lowest BCUT2D eigenvalue weighted by Crippen LogP contribution is -2.47. The average Bonchev–Trinajstić information content (AvgIpc) is 2.73. The highest BCUT2D eigenvalue weighted by atomic mass is 16.5. The van der Waals surface area contributed by atoms with E-state index in [0.29, 0.717) is 24.4 Å². The molecular weight excluding hydrogens is 376 g/mol. The second-order valence-corrected chi connectivity index (χ2v) is 9.06. The summed E-state index contributed by atoms with van der Waals surface area (Å²) in [6.45, 7) is 9.78. The lowest BCUT2D eigenvalue weighted by Gasteiger charge is -2.32. The van der Waals surface area contributed by atoms with Gasteiger partial charge in [0.25, 0.3) is 11.8 Å². The Bertz CT molecular complexity index is 859. The van der Waals surface area contributed by atoms with Crippen molar-refractivity contribution in [1.82, 2.24) is 10.2 Å². The fourth-order valence-corrected chi connectivity index (χ4v) is 3.53. The number of hydrogen-bond donors (Lipinski definition) is 1. The van der Waals surface area contributed by atoms with E-state index in [-0.39, 0.29) is 29.9 Å². The van der Waals surface area contributed by atoms with Crippen molar-refractivity contribution in [3.8, 4) is 5.75 Å². The summed E-state index contributed by atoms with van der Waals surface area (Å²) in [7, 11) is 0. The molecule has 0 spiro atoms. The number of aryl methyl sites for hydroxylation is 1. The van der Waals surface area contributed by atoms with Crippen LogP contribution in [0.2, 0.25) is 0 Å². The van der Waals surface area contributed by atoms with Crippen molar-refractivity contribution in [2.24, 2.45) is 0 Å². The molecule has 2 aromatic rings. The maximum atomic E-state index is 12.6. The summed E-state index contributed by atoms with van der Waals surface area (Å²) >= 11 is 0. The van der Waals surface area contributed by atoms with Crippen LogP contribution in [0.3, 0.4) is 0 Å². The van der Waals surface area contributed by atoms with Crippen molar-refractivity contribution in [2.45, 2.75) is 52.0 Å². The number of ether oxygens (including phenoxy) is 1. The van der Waals surface area contributed by atoms with Crippen molar-refractivity contribution in [3.05, 3.63) is 65.2 Å². The highest BCUT2D eigenvalue weighted by Crippen LogP contribution is 2.22. The molecule has 5 nitrogen and oxygen atoms in total. The molecule has 0 unspecified atom stereocenters. The lowest BCUT2D eigenvalue weighted by molar-refractivity contribution is -0.134. The number of hydrogen-bond acceptors (Lipinski definition) is 3. The zero-order valence-electron chi connectivity index (χ0n) is 18.4. The summed E-state index contributed by atoms with van der Waals surface area (Å²) in [4.78, 5) is 26.8. The van der Waals surface area contributed by atoms with Crippen LogP contribution in [0.15, 0.2) is 48.5 Å². The highest BCUT2D eigenvalue weighted by Gasteiger charge is 2.24. The molecular formula is C25H32N2O3. The molecule has 1 aliphatic heterocycles. The minimum absolute atomic E-state index is 0.0156. The zero-order valence-corrected chi connectivity index (χ0v) is 18.4. The number of carbonyl (C=O) groups excluding carboxylic acids is 2. The third kappa shape index (κ3) is 5.85. The minimum Gasteiger partial charge on any atom is -0.484 e. The van der Waals surface area contributed by atoms with Gasteiger partial charge in [0, 0.05) is 24.7 Å². The van der Waals surface area contributed by atoms with E-state index in [0.717, 1.165) is 18.4 Å². The Balaban J connectivity index is 1.44. The number of nitrogens with one attached hydrogen (secondary N) is 1. The van der Waals surface area contributed by atoms with Crippen LogP contribution in [0, 0.1) is 6.92 Å². The van der Waals surface area contributed by atoms with Crippen LogP contribution in [0.25, 0.3) is 0 Å². The summed E-state index contributed by atoms with van der Waals surface area (Å²) in [5.41, 5.74) is 3.10. The van der Waals surface area contributed by atoms with E-state index in [4.69, 9.17) is 4.74 Å². The third-order valence-electron chi connectivity index (χ3n) is 5.58. The monoisotopic (exact) mass is 408 g/mol. The zero-order chi connectivity index (χ0) is 21.7. The topological polar surface area (TPSA) is 58.6 Å². The minimum atomic E-state index is -0.0528. The van der Waals surface area contributed by atoms with E-state index in [1.54, 1.807) is 0 Å². The molecule has 2 amide bonds. The molecule has 0 radical (unpaired) electrons. The molecule has 5 heteroatoms. The summed E-state index contributed by atoms with van der Waals surface area (Å²) in [5.74, 6) is 0.634. The van der Waals surface area contributed by atoms with Crippen molar-refractivity contribution < 1.29 is 14.3 Å². The molecule has 0 aliphatic carbocycles. The Morgan fingerprint density at radius 1 is 1.00 bits per heavy atom. The Labute approximate surface area is 179 Å². The van der Waals surface area contributed by atoms with Gasteiger partial charge in [0.1, 0.15) is 5.75 Å². The molecule has 30 heavy (non-hydrogen) atoms. The van der Waals surface area contributed by atoms with Gasteiger partial charge < -0.3 is 15.0 Å². The number of rotatable bonds is 5. The highest BCUT2D eigenvalue weighted by molar-refractivity contribution is 5.94. The molecule has 1 saturated heterocycles. The lowest BCUT2D eigenvalue weighted by atomic mass is 9.86. The molecule has 0 saturated carbocycles. The summed E-state index contributed by atoms with van der Waals surface area (Å²) < 4.78 is 5.60. The van der Waals surface area contributed by atoms with Crippen LogP contribution in [-0.2, 0) is 10.2 Å². The van der Waals surface area contributed by atoms with E-state index >= 15 is 0 Å². The van der Waals surface area contributed by atoms with Crippen molar-refractivity contribution in [1.29, 1.82) is 0 Å². The van der Waals surface area contributed by atoms with Gasteiger partial charge in [-0.3, -0.25) is 9.59 Å². The predicted molar refractivity (Wildman–Crippen MR) is 119 cm³/mol. The smallest absolute Gasteiger partial charge is 0.260 e. The Kier molecular flexibility index (Phi) is 6.80. The average molecular weight is 409 g/mol. The van der Waals surface area contributed by atoms with Gasteiger partial charge >= 0.3 is 0 Å². The SMILES string of the molecule is Cc1ccc(OCC(=O)N2CCC(NC(=O)c3ccc(C(C)(C)C)cc3)CC2)cc1. The quantitative estimate of drug-likeness (QED) is 0.811. The summed E-state index contributed by atoms with van der Waals surface area (Å²) in [5, 5.41) is 3.11. The van der Waals surface area contributed by atoms with Gasteiger partial charge in [0.05, 0.1) is 0 Å². The first-order chi connectivity index (χ1) is 14.2.